The van der Waals surface area contributed by atoms with Gasteiger partial charge in [-0.1, -0.05) is 20.8 Å². The monoisotopic (exact) mass is 212 g/mol. The molecule has 0 aromatic rings. The Bertz CT molecular complexity index is 201. The van der Waals surface area contributed by atoms with Crippen molar-refractivity contribution in [3.8, 4) is 0 Å². The smallest absolute Gasteiger partial charge is 0.391 e. The summed E-state index contributed by atoms with van der Waals surface area (Å²) >= 11 is 0. The fourth-order valence-electron chi connectivity index (χ4n) is 1.19. The van der Waals surface area contributed by atoms with Crippen LogP contribution in [0.4, 0.5) is 13.2 Å². The molecule has 0 rings (SSSR count). The quantitative estimate of drug-likeness (QED) is 0.777. The van der Waals surface area contributed by atoms with Crippen LogP contribution in [0.15, 0.2) is 0 Å². The van der Waals surface area contributed by atoms with Gasteiger partial charge in [-0.15, -0.1) is 0 Å². The summed E-state index contributed by atoms with van der Waals surface area (Å²) < 4.78 is 36.6. The third kappa shape index (κ3) is 3.98. The lowest BCUT2D eigenvalue weighted by atomic mass is 9.87. The third-order valence-corrected chi connectivity index (χ3v) is 2.52. The molecule has 0 aliphatic heterocycles. The van der Waals surface area contributed by atoms with E-state index in [-0.39, 0.29) is 6.42 Å². The molecule has 0 radical (unpaired) electrons. The first-order chi connectivity index (χ1) is 6.16. The molecule has 1 N–H and O–H groups in total. The molecule has 0 spiro atoms. The molecule has 0 aromatic heterocycles. The Morgan fingerprint density at radius 3 is 2.00 bits per heavy atom. The lowest BCUT2D eigenvalue weighted by Gasteiger charge is -2.23. The Balaban J connectivity index is 4.21. The van der Waals surface area contributed by atoms with Gasteiger partial charge in [0, 0.05) is 0 Å². The molecule has 0 aliphatic rings. The molecule has 0 saturated heterocycles. The predicted octanol–water partition coefficient (Wildman–Crippen LogP) is 2.93. The first-order valence-corrected chi connectivity index (χ1v) is 4.45. The Labute approximate surface area is 81.1 Å². The number of halogens is 3. The van der Waals surface area contributed by atoms with Gasteiger partial charge in [-0.3, -0.25) is 4.79 Å². The van der Waals surface area contributed by atoms with E-state index in [1.165, 1.54) is 13.8 Å². The Kier molecular flexibility index (Phi) is 4.42. The zero-order chi connectivity index (χ0) is 11.5. The summed E-state index contributed by atoms with van der Waals surface area (Å²) in [5.74, 6) is -3.90. The maximum atomic E-state index is 12.2. The summed E-state index contributed by atoms with van der Waals surface area (Å²) in [7, 11) is 0. The highest BCUT2D eigenvalue weighted by Gasteiger charge is 2.39. The normalized spacial score (nSPS) is 18.7. The highest BCUT2D eigenvalue weighted by atomic mass is 19.4. The molecule has 84 valence electrons. The molecule has 0 fully saturated rings. The third-order valence-electron chi connectivity index (χ3n) is 2.52. The minimum atomic E-state index is -4.24. The van der Waals surface area contributed by atoms with Crippen molar-refractivity contribution in [2.24, 2.45) is 17.8 Å². The molecule has 0 aromatic carbocycles. The summed E-state index contributed by atoms with van der Waals surface area (Å²) in [6.45, 7) is 3.93. The van der Waals surface area contributed by atoms with Gasteiger partial charge < -0.3 is 5.11 Å². The van der Waals surface area contributed by atoms with Crippen LogP contribution in [-0.4, -0.2) is 17.3 Å². The minimum Gasteiger partial charge on any atom is -0.481 e. The van der Waals surface area contributed by atoms with Crippen LogP contribution in [0, 0.1) is 17.8 Å². The van der Waals surface area contributed by atoms with Crippen molar-refractivity contribution in [2.45, 2.75) is 33.4 Å². The maximum Gasteiger partial charge on any atom is 0.391 e. The highest BCUT2D eigenvalue weighted by molar-refractivity contribution is 5.69. The molecular weight excluding hydrogens is 197 g/mol. The second-order valence-electron chi connectivity index (χ2n) is 3.78. The van der Waals surface area contributed by atoms with Crippen molar-refractivity contribution < 1.29 is 23.1 Å². The minimum absolute atomic E-state index is 0.0516. The lowest BCUT2D eigenvalue weighted by molar-refractivity contribution is -0.184. The topological polar surface area (TPSA) is 37.3 Å². The first-order valence-electron chi connectivity index (χ1n) is 4.45. The number of carboxylic acids is 1. The number of carboxylic acid groups (broad SMARTS) is 1. The molecule has 0 heterocycles. The van der Waals surface area contributed by atoms with Crippen molar-refractivity contribution >= 4 is 5.97 Å². The van der Waals surface area contributed by atoms with E-state index >= 15 is 0 Å². The fraction of sp³-hybridized carbons (Fsp3) is 0.889. The molecule has 3 unspecified atom stereocenters. The average Bonchev–Trinajstić information content (AvgIpc) is 2.00. The van der Waals surface area contributed by atoms with Crippen LogP contribution in [0.3, 0.4) is 0 Å². The van der Waals surface area contributed by atoms with E-state index in [1.807, 2.05) is 0 Å². The van der Waals surface area contributed by atoms with Gasteiger partial charge in [-0.05, 0) is 12.3 Å². The SMILES string of the molecule is CC(CC(C)C(C)C(F)(F)F)C(=O)O. The number of hydrogen-bond donors (Lipinski definition) is 1. The van der Waals surface area contributed by atoms with Gasteiger partial charge >= 0.3 is 12.1 Å². The van der Waals surface area contributed by atoms with Crippen LogP contribution in [0.1, 0.15) is 27.2 Å². The van der Waals surface area contributed by atoms with E-state index in [2.05, 4.69) is 0 Å². The summed E-state index contributed by atoms with van der Waals surface area (Å²) in [5, 5.41) is 8.53. The molecule has 0 amide bonds. The molecule has 0 aliphatic carbocycles. The molecule has 0 bridgehead atoms. The van der Waals surface area contributed by atoms with E-state index in [0.29, 0.717) is 0 Å². The summed E-state index contributed by atoms with van der Waals surface area (Å²) in [5.41, 5.74) is 0. The first kappa shape index (κ1) is 13.3. The largest absolute Gasteiger partial charge is 0.481 e. The van der Waals surface area contributed by atoms with Gasteiger partial charge in [-0.2, -0.15) is 13.2 Å². The average molecular weight is 212 g/mol. The van der Waals surface area contributed by atoms with E-state index < -0.39 is 29.9 Å². The number of aliphatic carboxylic acids is 1. The second kappa shape index (κ2) is 4.66. The van der Waals surface area contributed by atoms with Gasteiger partial charge in [0.05, 0.1) is 11.8 Å². The standard InChI is InChI=1S/C9H15F3O2/c1-5(4-6(2)8(13)14)7(3)9(10,11)12/h5-7H,4H2,1-3H3,(H,13,14). The van der Waals surface area contributed by atoms with Crippen molar-refractivity contribution in [3.05, 3.63) is 0 Å². The second-order valence-corrected chi connectivity index (χ2v) is 3.78. The number of rotatable bonds is 4. The molecular formula is C9H15F3O2. The fourth-order valence-corrected chi connectivity index (χ4v) is 1.19. The van der Waals surface area contributed by atoms with Gasteiger partial charge in [0.15, 0.2) is 0 Å². The Morgan fingerprint density at radius 2 is 1.71 bits per heavy atom. The van der Waals surface area contributed by atoms with Gasteiger partial charge in [0.1, 0.15) is 0 Å². The Morgan fingerprint density at radius 1 is 1.29 bits per heavy atom. The van der Waals surface area contributed by atoms with Crippen molar-refractivity contribution in [2.75, 3.05) is 0 Å². The van der Waals surface area contributed by atoms with Crippen LogP contribution >= 0.6 is 0 Å². The zero-order valence-electron chi connectivity index (χ0n) is 8.43. The Hall–Kier alpha value is -0.740. The van der Waals surface area contributed by atoms with Crippen molar-refractivity contribution in [3.63, 3.8) is 0 Å². The van der Waals surface area contributed by atoms with Crippen LogP contribution in [0.2, 0.25) is 0 Å². The van der Waals surface area contributed by atoms with Crippen LogP contribution < -0.4 is 0 Å². The molecule has 5 heteroatoms. The summed E-state index contributed by atoms with van der Waals surface area (Å²) in [6.07, 6.45) is -4.19. The molecule has 2 nitrogen and oxygen atoms in total. The van der Waals surface area contributed by atoms with Gasteiger partial charge in [0.2, 0.25) is 0 Å². The van der Waals surface area contributed by atoms with E-state index in [1.54, 1.807) is 0 Å². The van der Waals surface area contributed by atoms with Gasteiger partial charge in [-0.25, -0.2) is 0 Å². The zero-order valence-corrected chi connectivity index (χ0v) is 8.43. The maximum absolute atomic E-state index is 12.2. The molecule has 14 heavy (non-hydrogen) atoms. The summed E-state index contributed by atoms with van der Waals surface area (Å²) in [4.78, 5) is 10.4. The summed E-state index contributed by atoms with van der Waals surface area (Å²) in [6, 6.07) is 0. The van der Waals surface area contributed by atoms with E-state index in [4.69, 9.17) is 5.11 Å². The molecule has 0 saturated carbocycles. The highest BCUT2D eigenvalue weighted by Crippen LogP contribution is 2.34. The van der Waals surface area contributed by atoms with Crippen molar-refractivity contribution in [1.29, 1.82) is 0 Å². The number of carbonyl (C=O) groups is 1. The number of hydrogen-bond acceptors (Lipinski definition) is 1. The predicted molar refractivity (Wildman–Crippen MR) is 45.8 cm³/mol. The van der Waals surface area contributed by atoms with Crippen LogP contribution in [0.25, 0.3) is 0 Å². The van der Waals surface area contributed by atoms with Crippen molar-refractivity contribution in [1.82, 2.24) is 0 Å². The lowest BCUT2D eigenvalue weighted by Crippen LogP contribution is -2.28. The number of alkyl halides is 3. The van der Waals surface area contributed by atoms with Crippen LogP contribution in [0.5, 0.6) is 0 Å². The molecule has 3 atom stereocenters. The van der Waals surface area contributed by atoms with Crippen LogP contribution in [-0.2, 0) is 4.79 Å². The van der Waals surface area contributed by atoms with E-state index in [0.717, 1.165) is 6.92 Å². The van der Waals surface area contributed by atoms with Gasteiger partial charge in [0.25, 0.3) is 0 Å². The van der Waals surface area contributed by atoms with E-state index in [9.17, 15) is 18.0 Å².